The van der Waals surface area contributed by atoms with Crippen LogP contribution in [0.25, 0.3) is 0 Å². The summed E-state index contributed by atoms with van der Waals surface area (Å²) >= 11 is 8.40. The summed E-state index contributed by atoms with van der Waals surface area (Å²) in [7, 11) is 0. The number of hydrogen-bond donors (Lipinski definition) is 0. The lowest BCUT2D eigenvalue weighted by Gasteiger charge is -2.11. The number of nitrogens with zero attached hydrogens (tertiary/aromatic N) is 2. The van der Waals surface area contributed by atoms with Crippen molar-refractivity contribution in [2.45, 2.75) is 25.7 Å². The van der Waals surface area contributed by atoms with Crippen molar-refractivity contribution in [1.29, 1.82) is 0 Å². The van der Waals surface area contributed by atoms with E-state index in [0.717, 1.165) is 33.5 Å². The lowest BCUT2D eigenvalue weighted by Crippen LogP contribution is -2.00. The van der Waals surface area contributed by atoms with Crippen molar-refractivity contribution in [2.75, 3.05) is 0 Å². The van der Waals surface area contributed by atoms with Gasteiger partial charge >= 0.3 is 0 Å². The number of hydrogen-bond acceptors (Lipinski definition) is 3. The molecule has 0 N–H and O–H groups in total. The molecule has 2 aromatic rings. The highest BCUT2D eigenvalue weighted by Crippen LogP contribution is 2.40. The van der Waals surface area contributed by atoms with Crippen LogP contribution in [-0.4, -0.2) is 9.97 Å². The number of para-hydroxylation sites is 1. The lowest BCUT2D eigenvalue weighted by atomic mass is 10.3. The predicted octanol–water partition coefficient (Wildman–Crippen LogP) is 4.71. The van der Waals surface area contributed by atoms with E-state index in [0.29, 0.717) is 17.0 Å². The third-order valence-corrected chi connectivity index (χ3v) is 4.30. The van der Waals surface area contributed by atoms with E-state index in [9.17, 15) is 0 Å². The van der Waals surface area contributed by atoms with Crippen molar-refractivity contribution in [3.05, 3.63) is 44.4 Å². The molecule has 1 saturated carbocycles. The number of benzene rings is 1. The topological polar surface area (TPSA) is 35.0 Å². The van der Waals surface area contributed by atoms with Gasteiger partial charge in [-0.25, -0.2) is 4.98 Å². The molecule has 0 amide bonds. The number of halogens is 2. The Hall–Kier alpha value is -0.880. The van der Waals surface area contributed by atoms with Crippen molar-refractivity contribution >= 4 is 34.2 Å². The molecule has 0 atom stereocenters. The van der Waals surface area contributed by atoms with Crippen LogP contribution >= 0.6 is 34.2 Å². The summed E-state index contributed by atoms with van der Waals surface area (Å²) in [5.41, 5.74) is 0.783. The van der Waals surface area contributed by atoms with Crippen molar-refractivity contribution < 1.29 is 4.74 Å². The minimum atomic E-state index is 0.454. The van der Waals surface area contributed by atoms with Gasteiger partial charge in [-0.05, 0) is 54.5 Å². The number of rotatable bonds is 3. The first-order valence-electron chi connectivity index (χ1n) is 6.11. The molecule has 1 aromatic heterocycles. The van der Waals surface area contributed by atoms with Crippen LogP contribution in [-0.2, 0) is 0 Å². The first kappa shape index (κ1) is 13.1. The molecule has 0 saturated heterocycles. The molecule has 0 unspecified atom stereocenters. The van der Waals surface area contributed by atoms with Gasteiger partial charge in [-0.1, -0.05) is 23.7 Å². The van der Waals surface area contributed by atoms with Crippen LogP contribution in [0.1, 0.15) is 30.1 Å². The zero-order valence-corrected chi connectivity index (χ0v) is 13.3. The maximum Gasteiger partial charge on any atom is 0.227 e. The minimum Gasteiger partial charge on any atom is -0.437 e. The molecule has 3 rings (SSSR count). The Labute approximate surface area is 130 Å². The SMILES string of the molecule is Cc1c(Cl)nc(C2CC2)nc1Oc1ccccc1I. The molecular formula is C14H12ClIN2O. The average Bonchev–Trinajstić information content (AvgIpc) is 3.21. The van der Waals surface area contributed by atoms with E-state index in [1.54, 1.807) is 0 Å². The van der Waals surface area contributed by atoms with E-state index >= 15 is 0 Å². The molecule has 5 heteroatoms. The van der Waals surface area contributed by atoms with Gasteiger partial charge in [-0.2, -0.15) is 4.98 Å². The lowest BCUT2D eigenvalue weighted by molar-refractivity contribution is 0.451. The maximum absolute atomic E-state index is 6.16. The van der Waals surface area contributed by atoms with Crippen LogP contribution in [0.15, 0.2) is 24.3 Å². The Kier molecular flexibility index (Phi) is 3.62. The van der Waals surface area contributed by atoms with Gasteiger partial charge in [-0.3, -0.25) is 0 Å². The Bertz CT molecular complexity index is 629. The van der Waals surface area contributed by atoms with E-state index < -0.39 is 0 Å². The van der Waals surface area contributed by atoms with Crippen LogP contribution < -0.4 is 4.74 Å². The van der Waals surface area contributed by atoms with Gasteiger partial charge in [0.05, 0.1) is 3.57 Å². The molecule has 1 fully saturated rings. The Morgan fingerprint density at radius 3 is 2.68 bits per heavy atom. The minimum absolute atomic E-state index is 0.454. The zero-order valence-electron chi connectivity index (χ0n) is 10.4. The molecule has 98 valence electrons. The van der Waals surface area contributed by atoms with Crippen molar-refractivity contribution in [2.24, 2.45) is 0 Å². The van der Waals surface area contributed by atoms with Gasteiger partial charge in [0, 0.05) is 11.5 Å². The van der Waals surface area contributed by atoms with Crippen LogP contribution in [0.2, 0.25) is 5.15 Å². The van der Waals surface area contributed by atoms with Crippen LogP contribution in [0, 0.1) is 10.5 Å². The van der Waals surface area contributed by atoms with Crippen molar-refractivity contribution in [3.8, 4) is 11.6 Å². The third-order valence-electron chi connectivity index (χ3n) is 3.04. The van der Waals surface area contributed by atoms with Gasteiger partial charge in [-0.15, -0.1) is 0 Å². The fraction of sp³-hybridized carbons (Fsp3) is 0.286. The standard InChI is InChI=1S/C14H12ClIN2O/c1-8-12(15)17-13(9-6-7-9)18-14(8)19-11-5-3-2-4-10(11)16/h2-5,9H,6-7H2,1H3. The first-order valence-corrected chi connectivity index (χ1v) is 7.57. The monoisotopic (exact) mass is 386 g/mol. The highest BCUT2D eigenvalue weighted by atomic mass is 127. The molecule has 1 aromatic carbocycles. The Morgan fingerprint density at radius 1 is 1.26 bits per heavy atom. The summed E-state index contributed by atoms with van der Waals surface area (Å²) in [6, 6.07) is 7.84. The van der Waals surface area contributed by atoms with E-state index in [4.69, 9.17) is 16.3 Å². The van der Waals surface area contributed by atoms with E-state index in [1.165, 1.54) is 0 Å². The smallest absolute Gasteiger partial charge is 0.227 e. The highest BCUT2D eigenvalue weighted by Gasteiger charge is 2.28. The largest absolute Gasteiger partial charge is 0.437 e. The molecular weight excluding hydrogens is 375 g/mol. The zero-order chi connectivity index (χ0) is 13.4. The average molecular weight is 387 g/mol. The second kappa shape index (κ2) is 5.25. The van der Waals surface area contributed by atoms with Gasteiger partial charge in [0.15, 0.2) is 0 Å². The summed E-state index contributed by atoms with van der Waals surface area (Å²) in [6.45, 7) is 1.88. The quantitative estimate of drug-likeness (QED) is 0.566. The molecule has 3 nitrogen and oxygen atoms in total. The number of aromatic nitrogens is 2. The summed E-state index contributed by atoms with van der Waals surface area (Å²) in [5.74, 6) is 2.61. The molecule has 0 aliphatic heterocycles. The molecule has 1 aliphatic rings. The predicted molar refractivity (Wildman–Crippen MR) is 83.0 cm³/mol. The van der Waals surface area contributed by atoms with Crippen molar-refractivity contribution in [1.82, 2.24) is 9.97 Å². The van der Waals surface area contributed by atoms with Gasteiger partial charge in [0.25, 0.3) is 0 Å². The first-order chi connectivity index (χ1) is 9.15. The third kappa shape index (κ3) is 2.84. The molecule has 19 heavy (non-hydrogen) atoms. The van der Waals surface area contributed by atoms with Crippen LogP contribution in [0.3, 0.4) is 0 Å². The van der Waals surface area contributed by atoms with Crippen LogP contribution in [0.4, 0.5) is 0 Å². The van der Waals surface area contributed by atoms with Gasteiger partial charge < -0.3 is 4.74 Å². The van der Waals surface area contributed by atoms with Gasteiger partial charge in [0.2, 0.25) is 5.88 Å². The van der Waals surface area contributed by atoms with Crippen molar-refractivity contribution in [3.63, 3.8) is 0 Å². The summed E-state index contributed by atoms with van der Waals surface area (Å²) in [5, 5.41) is 0.484. The Balaban J connectivity index is 1.98. The number of ether oxygens (including phenoxy) is 1. The molecule has 0 radical (unpaired) electrons. The fourth-order valence-corrected chi connectivity index (χ4v) is 2.41. The second-order valence-electron chi connectivity index (χ2n) is 4.61. The molecule has 1 aliphatic carbocycles. The fourth-order valence-electron chi connectivity index (χ4n) is 1.74. The molecule has 1 heterocycles. The molecule has 0 spiro atoms. The van der Waals surface area contributed by atoms with E-state index in [1.807, 2.05) is 31.2 Å². The summed E-state index contributed by atoms with van der Waals surface area (Å²) < 4.78 is 6.94. The summed E-state index contributed by atoms with van der Waals surface area (Å²) in [6.07, 6.45) is 2.28. The van der Waals surface area contributed by atoms with E-state index in [2.05, 4.69) is 32.6 Å². The van der Waals surface area contributed by atoms with Gasteiger partial charge in [0.1, 0.15) is 16.7 Å². The maximum atomic E-state index is 6.16. The second-order valence-corrected chi connectivity index (χ2v) is 6.13. The molecule has 0 bridgehead atoms. The summed E-state index contributed by atoms with van der Waals surface area (Å²) in [4.78, 5) is 8.84. The Morgan fingerprint density at radius 2 is 2.00 bits per heavy atom. The van der Waals surface area contributed by atoms with Crippen LogP contribution in [0.5, 0.6) is 11.6 Å². The normalized spacial score (nSPS) is 14.5. The highest BCUT2D eigenvalue weighted by molar-refractivity contribution is 14.1. The van der Waals surface area contributed by atoms with E-state index in [-0.39, 0.29) is 0 Å².